The lowest BCUT2D eigenvalue weighted by atomic mass is 10.1. The molecular formula is C123H84N12. The van der Waals surface area contributed by atoms with Gasteiger partial charge in [-0.05, 0) is 267 Å². The van der Waals surface area contributed by atoms with Crippen LogP contribution in [0.3, 0.4) is 0 Å². The number of aromatic nitrogens is 9. The Balaban J connectivity index is 0.000000108. The molecule has 0 atom stereocenters. The van der Waals surface area contributed by atoms with Crippen molar-refractivity contribution in [1.29, 1.82) is 0 Å². The minimum atomic E-state index is 0.993. The number of benzene rings is 18. The van der Waals surface area contributed by atoms with Gasteiger partial charge in [-0.1, -0.05) is 218 Å². The van der Waals surface area contributed by atoms with Crippen molar-refractivity contribution in [2.24, 2.45) is 0 Å². The van der Waals surface area contributed by atoms with Crippen molar-refractivity contribution >= 4 is 182 Å². The summed E-state index contributed by atoms with van der Waals surface area (Å²) in [5.41, 5.74) is 32.7. The van der Waals surface area contributed by atoms with Crippen molar-refractivity contribution < 1.29 is 0 Å². The molecule has 0 amide bonds. The number of nitrogens with zero attached hydrogens (tertiary/aromatic N) is 12. The van der Waals surface area contributed by atoms with Crippen LogP contribution in [0.5, 0.6) is 0 Å². The molecule has 0 aliphatic rings. The zero-order valence-electron chi connectivity index (χ0n) is 73.4. The van der Waals surface area contributed by atoms with Gasteiger partial charge in [0.2, 0.25) is 0 Å². The van der Waals surface area contributed by atoms with E-state index in [9.17, 15) is 0 Å². The Hall–Kier alpha value is -18.4. The van der Waals surface area contributed by atoms with E-state index >= 15 is 0 Å². The van der Waals surface area contributed by atoms with E-state index in [1.807, 2.05) is 36.9 Å². The summed E-state index contributed by atoms with van der Waals surface area (Å²) in [6.07, 6.45) is 7.63. The van der Waals surface area contributed by atoms with Crippen LogP contribution in [-0.2, 0) is 0 Å². The molecule has 0 radical (unpaired) electrons. The van der Waals surface area contributed by atoms with Gasteiger partial charge in [-0.15, -0.1) is 0 Å². The average molecular weight is 1730 g/mol. The van der Waals surface area contributed by atoms with E-state index in [1.165, 1.54) is 70.8 Å². The molecule has 27 rings (SSSR count). The molecule has 0 N–H and O–H groups in total. The Morgan fingerprint density at radius 1 is 0.141 bits per heavy atom. The second-order valence-corrected chi connectivity index (χ2v) is 33.9. The summed E-state index contributed by atoms with van der Waals surface area (Å²) in [6, 6.07) is 172. The minimum Gasteiger partial charge on any atom is -0.310 e. The van der Waals surface area contributed by atoms with Crippen LogP contribution in [-0.4, -0.2) is 42.4 Å². The quantitative estimate of drug-likeness (QED) is 0.102. The smallest absolute Gasteiger partial charge is 0.0964 e. The van der Waals surface area contributed by atoms with Gasteiger partial charge in [0.15, 0.2) is 0 Å². The zero-order chi connectivity index (χ0) is 89.2. The van der Waals surface area contributed by atoms with E-state index < -0.39 is 0 Å². The van der Waals surface area contributed by atoms with Crippen molar-refractivity contribution in [3.8, 4) is 34.1 Å². The topological polar surface area (TPSA) is 78.0 Å². The SMILES string of the molecule is c1ccc(N(c2ccc3c(c2)c2ccccc2n3-c2ccccc2)c2ccc3c(c2)c2ncccc2n3-c2ccccc2)cc1.c1ccc(N(c2ccccc2)c2ccc3c(c2)c2ccccc2n3-c2ccc3c(c2)c2cnccc2n3-c2ccccc2)cc1.c1ccc(N(c2ccccc2)c2ccc3c(c2)c2ccccc2n3-c2ccc3c(c2)c2ncccc2n3-c2ccccc2)cc1. The molecular weight excluding hydrogens is 1650 g/mol. The maximum Gasteiger partial charge on any atom is 0.0964 e. The number of hydrogen-bond acceptors (Lipinski definition) is 6. The monoisotopic (exact) mass is 1730 g/mol. The molecule has 9 aromatic heterocycles. The number of anilines is 9. The number of pyridine rings is 3. The van der Waals surface area contributed by atoms with Crippen molar-refractivity contribution in [1.82, 2.24) is 42.4 Å². The van der Waals surface area contributed by atoms with Crippen molar-refractivity contribution in [2.75, 3.05) is 14.7 Å². The lowest BCUT2D eigenvalue weighted by Crippen LogP contribution is -2.09. The fourth-order valence-electron chi connectivity index (χ4n) is 20.4. The Morgan fingerprint density at radius 2 is 0.370 bits per heavy atom. The second kappa shape index (κ2) is 33.6. The summed E-state index contributed by atoms with van der Waals surface area (Å²) in [5.74, 6) is 0. The number of hydrogen-bond donors (Lipinski definition) is 0. The highest BCUT2D eigenvalue weighted by atomic mass is 15.2. The Labute approximate surface area is 778 Å². The van der Waals surface area contributed by atoms with Gasteiger partial charge in [-0.2, -0.15) is 0 Å². The first-order valence-corrected chi connectivity index (χ1v) is 45.7. The number of fused-ring (bicyclic) bond motifs is 18. The van der Waals surface area contributed by atoms with Crippen LogP contribution in [0.15, 0.2) is 510 Å². The van der Waals surface area contributed by atoms with Gasteiger partial charge in [0.25, 0.3) is 0 Å². The largest absolute Gasteiger partial charge is 0.310 e. The molecule has 0 saturated heterocycles. The molecule has 0 aliphatic carbocycles. The van der Waals surface area contributed by atoms with Gasteiger partial charge in [-0.3, -0.25) is 15.0 Å². The van der Waals surface area contributed by atoms with Crippen LogP contribution in [0.25, 0.3) is 165 Å². The van der Waals surface area contributed by atoms with Crippen LogP contribution in [0.1, 0.15) is 0 Å². The third-order valence-corrected chi connectivity index (χ3v) is 26.2. The Kier molecular flexibility index (Phi) is 19.6. The van der Waals surface area contributed by atoms with Gasteiger partial charge in [-0.25, -0.2) is 0 Å². The second-order valence-electron chi connectivity index (χ2n) is 33.9. The van der Waals surface area contributed by atoms with Gasteiger partial charge in [0.05, 0.1) is 77.2 Å². The molecule has 0 saturated carbocycles. The Morgan fingerprint density at radius 3 is 0.711 bits per heavy atom. The van der Waals surface area contributed by atoms with Gasteiger partial charge in [0.1, 0.15) is 0 Å². The zero-order valence-corrected chi connectivity index (χ0v) is 73.4. The molecule has 27 aromatic rings. The summed E-state index contributed by atoms with van der Waals surface area (Å²) in [6.45, 7) is 0. The van der Waals surface area contributed by atoms with E-state index in [4.69, 9.17) is 9.97 Å². The van der Waals surface area contributed by atoms with E-state index in [0.29, 0.717) is 0 Å². The number of para-hydroxylation sites is 12. The van der Waals surface area contributed by atoms with Crippen LogP contribution in [0.4, 0.5) is 51.2 Å². The molecule has 18 aromatic carbocycles. The molecule has 12 nitrogen and oxygen atoms in total. The molecule has 135 heavy (non-hydrogen) atoms. The highest BCUT2D eigenvalue weighted by molar-refractivity contribution is 6.17. The summed E-state index contributed by atoms with van der Waals surface area (Å²) in [5, 5.41) is 11.9. The first-order chi connectivity index (χ1) is 67.0. The van der Waals surface area contributed by atoms with E-state index in [1.54, 1.807) is 0 Å². The summed E-state index contributed by atoms with van der Waals surface area (Å²) < 4.78 is 14.1. The molecule has 12 heteroatoms. The molecule has 636 valence electrons. The van der Waals surface area contributed by atoms with Gasteiger partial charge >= 0.3 is 0 Å². The van der Waals surface area contributed by atoms with E-state index in [2.05, 4.69) is 520 Å². The summed E-state index contributed by atoms with van der Waals surface area (Å²) in [7, 11) is 0. The summed E-state index contributed by atoms with van der Waals surface area (Å²) >= 11 is 0. The standard InChI is InChI=1S/3C41H28N4/c1-4-13-29(14-5-1)43(32-22-24-38-35(27-32)34-19-10-11-20-37(34)44(38)30-15-6-2-7-16-30)33-23-25-39-36(28-33)41-40(21-12-26-42-41)45(39)31-17-8-3-9-18-31;1-4-13-29(14-5-1)43(30-15-6-2-7-16-30)32-22-24-38-35(27-32)34-19-10-11-20-37(34)45(38)33-23-25-39-36(28-33)41-40(21-12-26-42-41)44(39)31-17-8-3-9-18-31;1-4-12-29(13-5-1)43(30-14-6-2-7-15-30)32-20-22-39-35(26-32)34-18-10-11-19-38(34)45(39)33-21-23-40-36(27-33)37-28-42-25-24-41(37)44(40)31-16-8-3-9-17-31/h3*1-28H. The third kappa shape index (κ3) is 13.7. The van der Waals surface area contributed by atoms with Gasteiger partial charge < -0.3 is 42.1 Å². The first-order valence-electron chi connectivity index (χ1n) is 45.7. The predicted octanol–water partition coefficient (Wildman–Crippen LogP) is 32.2. The van der Waals surface area contributed by atoms with Crippen molar-refractivity contribution in [3.05, 3.63) is 510 Å². The number of rotatable bonds is 15. The van der Waals surface area contributed by atoms with E-state index in [0.717, 1.165) is 146 Å². The normalized spacial score (nSPS) is 11.6. The highest BCUT2D eigenvalue weighted by Gasteiger charge is 2.26. The van der Waals surface area contributed by atoms with E-state index in [-0.39, 0.29) is 0 Å². The molecule has 0 bridgehead atoms. The first kappa shape index (κ1) is 78.8. The maximum absolute atomic E-state index is 4.87. The maximum atomic E-state index is 4.87. The highest BCUT2D eigenvalue weighted by Crippen LogP contribution is 2.47. The summed E-state index contributed by atoms with van der Waals surface area (Å²) in [4.78, 5) is 21.2. The molecule has 0 fully saturated rings. The molecule has 0 unspecified atom stereocenters. The minimum absolute atomic E-state index is 0.993. The predicted molar refractivity (Wildman–Crippen MR) is 563 cm³/mol. The Bertz CT molecular complexity index is 8520. The molecule has 9 heterocycles. The van der Waals surface area contributed by atoms with Crippen molar-refractivity contribution in [2.45, 2.75) is 0 Å². The average Bonchev–Trinajstić information content (AvgIpc) is 1.54. The van der Waals surface area contributed by atoms with Crippen LogP contribution < -0.4 is 14.7 Å². The van der Waals surface area contributed by atoms with Crippen LogP contribution >= 0.6 is 0 Å². The fourth-order valence-corrected chi connectivity index (χ4v) is 20.4. The molecule has 0 spiro atoms. The van der Waals surface area contributed by atoms with Crippen LogP contribution in [0.2, 0.25) is 0 Å². The third-order valence-electron chi connectivity index (χ3n) is 26.2. The van der Waals surface area contributed by atoms with Crippen molar-refractivity contribution in [3.63, 3.8) is 0 Å². The lowest BCUT2D eigenvalue weighted by Gasteiger charge is -2.26. The molecule has 0 aliphatic heterocycles. The fraction of sp³-hybridized carbons (Fsp3) is 0. The lowest BCUT2D eigenvalue weighted by molar-refractivity contribution is 1.16. The van der Waals surface area contributed by atoms with Crippen LogP contribution in [0, 0.1) is 0 Å². The van der Waals surface area contributed by atoms with Gasteiger partial charge in [0, 0.05) is 164 Å².